The monoisotopic (exact) mass is 324 g/mol. The standard InChI is InChI=1S/C19H17FN2O2/c20-16-3-1-2-14(8-16)12-4-6-13(7-5-12)19(24)22-10-15-9-21-18(23)17(15)11-22/h1-8,15,17H,9-11H2,(H,21,23)/t15-,17+/m0/s1. The van der Waals surface area contributed by atoms with Crippen LogP contribution in [0.4, 0.5) is 4.39 Å². The summed E-state index contributed by atoms with van der Waals surface area (Å²) in [6.07, 6.45) is 0. The Labute approximate surface area is 139 Å². The molecule has 2 amide bonds. The van der Waals surface area contributed by atoms with Crippen molar-refractivity contribution in [2.45, 2.75) is 0 Å². The van der Waals surface area contributed by atoms with E-state index >= 15 is 0 Å². The van der Waals surface area contributed by atoms with E-state index in [4.69, 9.17) is 0 Å². The molecule has 2 aromatic carbocycles. The number of fused-ring (bicyclic) bond motifs is 1. The van der Waals surface area contributed by atoms with Crippen LogP contribution in [0.5, 0.6) is 0 Å². The van der Waals surface area contributed by atoms with Crippen LogP contribution in [-0.4, -0.2) is 36.3 Å². The molecule has 4 nitrogen and oxygen atoms in total. The maximum absolute atomic E-state index is 13.3. The van der Waals surface area contributed by atoms with Crippen molar-refractivity contribution in [3.05, 3.63) is 59.9 Å². The van der Waals surface area contributed by atoms with Gasteiger partial charge in [-0.3, -0.25) is 9.59 Å². The van der Waals surface area contributed by atoms with Crippen LogP contribution < -0.4 is 5.32 Å². The molecule has 2 saturated heterocycles. The first-order valence-corrected chi connectivity index (χ1v) is 8.05. The average molecular weight is 324 g/mol. The van der Waals surface area contributed by atoms with Gasteiger partial charge in [-0.05, 0) is 35.4 Å². The average Bonchev–Trinajstić information content (AvgIpc) is 3.17. The number of rotatable bonds is 2. The van der Waals surface area contributed by atoms with Gasteiger partial charge in [-0.2, -0.15) is 0 Å². The minimum absolute atomic E-state index is 0.0525. The summed E-state index contributed by atoms with van der Waals surface area (Å²) in [5.41, 5.74) is 2.24. The van der Waals surface area contributed by atoms with Crippen molar-refractivity contribution in [1.29, 1.82) is 0 Å². The number of carbonyl (C=O) groups is 2. The van der Waals surface area contributed by atoms with Crippen LogP contribution in [0, 0.1) is 17.7 Å². The van der Waals surface area contributed by atoms with Crippen LogP contribution in [0.25, 0.3) is 11.1 Å². The largest absolute Gasteiger partial charge is 0.355 e. The lowest BCUT2D eigenvalue weighted by Crippen LogP contribution is -2.33. The number of hydrogen-bond donors (Lipinski definition) is 1. The highest BCUT2D eigenvalue weighted by molar-refractivity contribution is 5.95. The van der Waals surface area contributed by atoms with Crippen molar-refractivity contribution in [2.24, 2.45) is 11.8 Å². The fourth-order valence-corrected chi connectivity index (χ4v) is 3.56. The van der Waals surface area contributed by atoms with Crippen LogP contribution in [0.3, 0.4) is 0 Å². The lowest BCUT2D eigenvalue weighted by molar-refractivity contribution is -0.122. The van der Waals surface area contributed by atoms with Crippen molar-refractivity contribution in [3.63, 3.8) is 0 Å². The molecule has 1 N–H and O–H groups in total. The molecule has 2 atom stereocenters. The Hall–Kier alpha value is -2.69. The zero-order valence-corrected chi connectivity index (χ0v) is 13.0. The second-order valence-corrected chi connectivity index (χ2v) is 6.41. The number of benzene rings is 2. The predicted molar refractivity (Wildman–Crippen MR) is 87.7 cm³/mol. The Morgan fingerprint density at radius 2 is 1.88 bits per heavy atom. The van der Waals surface area contributed by atoms with E-state index in [0.717, 1.165) is 11.1 Å². The normalized spacial score (nSPS) is 22.4. The molecule has 2 heterocycles. The van der Waals surface area contributed by atoms with E-state index in [1.54, 1.807) is 23.1 Å². The first-order chi connectivity index (χ1) is 11.6. The molecule has 5 heteroatoms. The van der Waals surface area contributed by atoms with E-state index in [1.807, 2.05) is 18.2 Å². The number of carbonyl (C=O) groups excluding carboxylic acids is 2. The molecule has 4 rings (SSSR count). The van der Waals surface area contributed by atoms with Crippen LogP contribution in [-0.2, 0) is 4.79 Å². The van der Waals surface area contributed by atoms with E-state index in [2.05, 4.69) is 5.32 Å². The molecule has 0 aliphatic carbocycles. The molecular formula is C19H17FN2O2. The summed E-state index contributed by atoms with van der Waals surface area (Å²) in [6, 6.07) is 13.5. The molecule has 2 aliphatic heterocycles. The van der Waals surface area contributed by atoms with E-state index in [1.165, 1.54) is 12.1 Å². The van der Waals surface area contributed by atoms with Crippen molar-refractivity contribution < 1.29 is 14.0 Å². The SMILES string of the molecule is O=C1NC[C@H]2CN(C(=O)c3ccc(-c4cccc(F)c4)cc3)C[C@@H]12. The molecule has 0 unspecified atom stereocenters. The van der Waals surface area contributed by atoms with Gasteiger partial charge in [-0.25, -0.2) is 4.39 Å². The molecule has 0 saturated carbocycles. The van der Waals surface area contributed by atoms with Gasteiger partial charge in [-0.1, -0.05) is 24.3 Å². The van der Waals surface area contributed by atoms with Gasteiger partial charge in [0.2, 0.25) is 5.91 Å². The summed E-state index contributed by atoms with van der Waals surface area (Å²) >= 11 is 0. The minimum atomic E-state index is -0.283. The quantitative estimate of drug-likeness (QED) is 0.921. The third-order valence-corrected chi connectivity index (χ3v) is 4.89. The molecule has 0 aromatic heterocycles. The molecule has 2 fully saturated rings. The maximum Gasteiger partial charge on any atom is 0.253 e. The highest BCUT2D eigenvalue weighted by Gasteiger charge is 2.43. The topological polar surface area (TPSA) is 49.4 Å². The van der Waals surface area contributed by atoms with Crippen LogP contribution in [0.15, 0.2) is 48.5 Å². The highest BCUT2D eigenvalue weighted by Crippen LogP contribution is 2.29. The Kier molecular flexibility index (Phi) is 3.56. The molecule has 0 bridgehead atoms. The van der Waals surface area contributed by atoms with Crippen LogP contribution >= 0.6 is 0 Å². The number of likely N-dealkylation sites (tertiary alicyclic amines) is 1. The van der Waals surface area contributed by atoms with Crippen molar-refractivity contribution in [1.82, 2.24) is 10.2 Å². The molecule has 0 radical (unpaired) electrons. The number of nitrogens with one attached hydrogen (secondary N) is 1. The van der Waals surface area contributed by atoms with Crippen LogP contribution in [0.2, 0.25) is 0 Å². The van der Waals surface area contributed by atoms with Crippen molar-refractivity contribution >= 4 is 11.8 Å². The highest BCUT2D eigenvalue weighted by atomic mass is 19.1. The molecule has 122 valence electrons. The summed E-state index contributed by atoms with van der Waals surface area (Å²) in [6.45, 7) is 1.76. The maximum atomic E-state index is 13.3. The van der Waals surface area contributed by atoms with Crippen molar-refractivity contribution in [2.75, 3.05) is 19.6 Å². The summed E-state index contributed by atoms with van der Waals surface area (Å²) in [5.74, 6) is -0.122. The summed E-state index contributed by atoms with van der Waals surface area (Å²) < 4.78 is 13.3. The molecule has 24 heavy (non-hydrogen) atoms. The van der Waals surface area contributed by atoms with Gasteiger partial charge in [0.15, 0.2) is 0 Å². The first-order valence-electron chi connectivity index (χ1n) is 8.05. The molecule has 2 aliphatic rings. The van der Waals surface area contributed by atoms with Gasteiger partial charge in [0.1, 0.15) is 5.82 Å². The Bertz CT molecular complexity index is 803. The van der Waals surface area contributed by atoms with E-state index in [9.17, 15) is 14.0 Å². The van der Waals surface area contributed by atoms with E-state index < -0.39 is 0 Å². The third-order valence-electron chi connectivity index (χ3n) is 4.89. The van der Waals surface area contributed by atoms with Gasteiger partial charge in [0.05, 0.1) is 5.92 Å². The van der Waals surface area contributed by atoms with E-state index in [0.29, 0.717) is 25.2 Å². The van der Waals surface area contributed by atoms with Crippen molar-refractivity contribution in [3.8, 4) is 11.1 Å². The number of hydrogen-bond acceptors (Lipinski definition) is 2. The minimum Gasteiger partial charge on any atom is -0.355 e. The van der Waals surface area contributed by atoms with Gasteiger partial charge < -0.3 is 10.2 Å². The molecule has 2 aromatic rings. The Morgan fingerprint density at radius 3 is 2.58 bits per heavy atom. The summed E-state index contributed by atoms with van der Waals surface area (Å²) in [5, 5.41) is 2.84. The lowest BCUT2D eigenvalue weighted by Gasteiger charge is -2.17. The van der Waals surface area contributed by atoms with Gasteiger partial charge in [-0.15, -0.1) is 0 Å². The zero-order chi connectivity index (χ0) is 16.7. The van der Waals surface area contributed by atoms with Crippen LogP contribution in [0.1, 0.15) is 10.4 Å². The fourth-order valence-electron chi connectivity index (χ4n) is 3.56. The fraction of sp³-hybridized carbons (Fsp3) is 0.263. The smallest absolute Gasteiger partial charge is 0.253 e. The second-order valence-electron chi connectivity index (χ2n) is 6.41. The van der Waals surface area contributed by atoms with Gasteiger partial charge >= 0.3 is 0 Å². The zero-order valence-electron chi connectivity index (χ0n) is 13.0. The second kappa shape index (κ2) is 5.74. The van der Waals surface area contributed by atoms with Gasteiger partial charge in [0, 0.05) is 31.1 Å². The Balaban J connectivity index is 1.51. The third kappa shape index (κ3) is 2.56. The number of nitrogens with zero attached hydrogens (tertiary/aromatic N) is 1. The first kappa shape index (κ1) is 14.9. The van der Waals surface area contributed by atoms with E-state index in [-0.39, 0.29) is 29.5 Å². The summed E-state index contributed by atoms with van der Waals surface area (Å²) in [4.78, 5) is 26.1. The Morgan fingerprint density at radius 1 is 1.08 bits per heavy atom. The molecular weight excluding hydrogens is 307 g/mol. The summed E-state index contributed by atoms with van der Waals surface area (Å²) in [7, 11) is 0. The number of halogens is 1. The predicted octanol–water partition coefficient (Wildman–Crippen LogP) is 2.31. The lowest BCUT2D eigenvalue weighted by atomic mass is 10.0. The number of amides is 2. The molecule has 0 spiro atoms. The van der Waals surface area contributed by atoms with Gasteiger partial charge in [0.25, 0.3) is 5.91 Å².